The maximum atomic E-state index is 12.9. The molecule has 1 saturated heterocycles. The second-order valence-corrected chi connectivity index (χ2v) is 9.06. The summed E-state index contributed by atoms with van der Waals surface area (Å²) in [7, 11) is 1.50. The normalized spacial score (nSPS) is 39.1. The number of benzene rings is 1. The molecule has 1 spiro atoms. The largest absolute Gasteiger partial charge is 0.504 e. The van der Waals surface area contributed by atoms with Crippen LogP contribution in [0.4, 0.5) is 0 Å². The Morgan fingerprint density at radius 1 is 1.37 bits per heavy atom. The van der Waals surface area contributed by atoms with Gasteiger partial charge in [-0.3, -0.25) is 9.69 Å². The summed E-state index contributed by atoms with van der Waals surface area (Å²) in [5.41, 5.74) is 0.228. The minimum Gasteiger partial charge on any atom is -0.504 e. The van der Waals surface area contributed by atoms with Gasteiger partial charge in [-0.2, -0.15) is 0 Å². The Bertz CT molecular complexity index is 865. The first-order valence-electron chi connectivity index (χ1n) is 10.1. The van der Waals surface area contributed by atoms with Crippen LogP contribution in [0.15, 0.2) is 6.07 Å². The van der Waals surface area contributed by atoms with Crippen LogP contribution in [0.5, 0.6) is 17.2 Å². The number of phenolic OH excluding ortho intramolecular Hbond substituents is 1. The number of rotatable bonds is 3. The quantitative estimate of drug-likeness (QED) is 0.839. The Balaban J connectivity index is 1.59. The summed E-state index contributed by atoms with van der Waals surface area (Å²) in [4.78, 5) is 15.3. The third kappa shape index (κ3) is 1.77. The minimum absolute atomic E-state index is 0.0303. The van der Waals surface area contributed by atoms with E-state index in [2.05, 4.69) is 4.90 Å². The maximum Gasteiger partial charge on any atom is 0.203 e. The molecule has 0 radical (unpaired) electrons. The summed E-state index contributed by atoms with van der Waals surface area (Å²) in [5, 5.41) is 22.6. The van der Waals surface area contributed by atoms with E-state index < -0.39 is 17.1 Å². The van der Waals surface area contributed by atoms with E-state index in [4.69, 9.17) is 9.47 Å². The number of Topliss-reactive ketones (excluding diaryl/α,β-unsaturated/α-hetero) is 1. The number of aliphatic hydroxyl groups is 1. The van der Waals surface area contributed by atoms with E-state index in [1.54, 1.807) is 6.07 Å². The number of carbonyl (C=O) groups is 1. The highest BCUT2D eigenvalue weighted by molar-refractivity contribution is 5.90. The summed E-state index contributed by atoms with van der Waals surface area (Å²) in [5.74, 6) is 1.60. The molecule has 4 atom stereocenters. The van der Waals surface area contributed by atoms with Crippen LogP contribution in [0, 0.1) is 5.92 Å². The molecule has 0 amide bonds. The van der Waals surface area contributed by atoms with Gasteiger partial charge in [-0.1, -0.05) is 0 Å². The molecule has 6 nitrogen and oxygen atoms in total. The van der Waals surface area contributed by atoms with Gasteiger partial charge in [0, 0.05) is 24.6 Å². The Kier molecular flexibility index (Phi) is 2.98. The zero-order valence-electron chi connectivity index (χ0n) is 15.5. The lowest BCUT2D eigenvalue weighted by atomic mass is 9.49. The van der Waals surface area contributed by atoms with Gasteiger partial charge in [0.05, 0.1) is 18.1 Å². The highest BCUT2D eigenvalue weighted by Gasteiger charge is 2.73. The molecule has 3 aliphatic carbocycles. The van der Waals surface area contributed by atoms with Gasteiger partial charge in [-0.05, 0) is 56.2 Å². The van der Waals surface area contributed by atoms with E-state index in [0.29, 0.717) is 31.4 Å². The van der Waals surface area contributed by atoms with Gasteiger partial charge >= 0.3 is 0 Å². The Morgan fingerprint density at radius 3 is 2.93 bits per heavy atom. The molecule has 144 valence electrons. The molecule has 2 heterocycles. The predicted molar refractivity (Wildman–Crippen MR) is 96.3 cm³/mol. The van der Waals surface area contributed by atoms with Gasteiger partial charge < -0.3 is 19.7 Å². The molecule has 6 heteroatoms. The maximum absolute atomic E-state index is 12.9. The van der Waals surface area contributed by atoms with Crippen molar-refractivity contribution in [2.75, 3.05) is 20.2 Å². The van der Waals surface area contributed by atoms with Crippen LogP contribution in [0.3, 0.4) is 0 Å². The molecule has 1 aromatic carbocycles. The van der Waals surface area contributed by atoms with E-state index >= 15 is 0 Å². The molecule has 2 saturated carbocycles. The van der Waals surface area contributed by atoms with Crippen LogP contribution in [0.1, 0.15) is 43.2 Å². The molecule has 3 fully saturated rings. The molecule has 6 rings (SSSR count). The van der Waals surface area contributed by atoms with Gasteiger partial charge in [0.25, 0.3) is 0 Å². The van der Waals surface area contributed by atoms with Crippen molar-refractivity contribution in [2.45, 2.75) is 61.7 Å². The van der Waals surface area contributed by atoms with Crippen molar-refractivity contribution in [2.24, 2.45) is 5.92 Å². The highest BCUT2D eigenvalue weighted by Crippen LogP contribution is 2.66. The van der Waals surface area contributed by atoms with Crippen molar-refractivity contribution in [1.82, 2.24) is 4.90 Å². The second kappa shape index (κ2) is 4.97. The van der Waals surface area contributed by atoms with Crippen molar-refractivity contribution in [1.29, 1.82) is 0 Å². The summed E-state index contributed by atoms with van der Waals surface area (Å²) >= 11 is 0. The number of aromatic hydroxyl groups is 1. The van der Waals surface area contributed by atoms with E-state index in [-0.39, 0.29) is 23.3 Å². The standard InChI is InChI=1S/C21H25NO5/c1-26-17-14(24)8-12-9-15-21(25)5-4-13(23)19-20(21,16(12)18(17)27-19)6-7-22(15)10-11-2-3-11/h8,11,15,19,24-25H,2-7,9-10H2,1H3. The molecular formula is C21H25NO5. The Morgan fingerprint density at radius 2 is 2.19 bits per heavy atom. The number of hydrogen-bond acceptors (Lipinski definition) is 6. The van der Waals surface area contributed by atoms with Crippen LogP contribution in [-0.2, 0) is 16.6 Å². The number of phenols is 1. The molecule has 27 heavy (non-hydrogen) atoms. The number of nitrogens with zero attached hydrogens (tertiary/aromatic N) is 1. The van der Waals surface area contributed by atoms with Crippen LogP contribution < -0.4 is 9.47 Å². The molecule has 4 unspecified atom stereocenters. The smallest absolute Gasteiger partial charge is 0.203 e. The molecular weight excluding hydrogens is 346 g/mol. The number of hydrogen-bond donors (Lipinski definition) is 2. The third-order valence-corrected chi connectivity index (χ3v) is 7.84. The second-order valence-electron chi connectivity index (χ2n) is 9.06. The van der Waals surface area contributed by atoms with Crippen LogP contribution in [0.25, 0.3) is 0 Å². The van der Waals surface area contributed by atoms with Gasteiger partial charge in [0.2, 0.25) is 5.75 Å². The van der Waals surface area contributed by atoms with Gasteiger partial charge in [-0.15, -0.1) is 0 Å². The fraction of sp³-hybridized carbons (Fsp3) is 0.667. The molecule has 0 aromatic heterocycles. The monoisotopic (exact) mass is 371 g/mol. The zero-order chi connectivity index (χ0) is 18.6. The topological polar surface area (TPSA) is 79.2 Å². The number of piperidine rings is 1. The molecule has 5 aliphatic rings. The van der Waals surface area contributed by atoms with E-state index in [0.717, 1.165) is 30.1 Å². The number of ether oxygens (including phenoxy) is 2. The van der Waals surface area contributed by atoms with Gasteiger partial charge in [0.15, 0.2) is 23.4 Å². The fourth-order valence-corrected chi connectivity index (χ4v) is 6.51. The Hall–Kier alpha value is -1.79. The lowest BCUT2D eigenvalue weighted by molar-refractivity contribution is -0.188. The molecule has 1 aromatic rings. The average molecular weight is 371 g/mol. The highest BCUT2D eigenvalue weighted by atomic mass is 16.5. The first-order valence-corrected chi connectivity index (χ1v) is 10.1. The summed E-state index contributed by atoms with van der Waals surface area (Å²) in [6, 6.07) is 1.73. The lowest BCUT2D eigenvalue weighted by Gasteiger charge is -2.62. The zero-order valence-corrected chi connectivity index (χ0v) is 15.5. The van der Waals surface area contributed by atoms with E-state index in [1.165, 1.54) is 20.0 Å². The van der Waals surface area contributed by atoms with Crippen molar-refractivity contribution >= 4 is 5.78 Å². The van der Waals surface area contributed by atoms with Crippen molar-refractivity contribution in [3.63, 3.8) is 0 Å². The number of likely N-dealkylation sites (tertiary alicyclic amines) is 1. The fourth-order valence-electron chi connectivity index (χ4n) is 6.51. The van der Waals surface area contributed by atoms with Crippen LogP contribution in [0.2, 0.25) is 0 Å². The first-order chi connectivity index (χ1) is 13.0. The molecule has 2 N–H and O–H groups in total. The van der Waals surface area contributed by atoms with Gasteiger partial charge in [-0.25, -0.2) is 0 Å². The minimum atomic E-state index is -0.973. The number of methoxy groups -OCH3 is 1. The SMILES string of the molecule is COc1c(O)cc2c3c1OC1C(=O)CCC4(O)C(C2)N(CC2CC2)CCC314. The lowest BCUT2D eigenvalue weighted by Crippen LogP contribution is -2.76. The summed E-state index contributed by atoms with van der Waals surface area (Å²) in [6.07, 6.45) is 4.08. The number of ketones is 1. The van der Waals surface area contributed by atoms with Crippen molar-refractivity contribution in [3.05, 3.63) is 17.2 Å². The Labute approximate surface area is 158 Å². The van der Waals surface area contributed by atoms with Gasteiger partial charge in [0.1, 0.15) is 0 Å². The van der Waals surface area contributed by atoms with Crippen molar-refractivity contribution < 1.29 is 24.5 Å². The third-order valence-electron chi connectivity index (χ3n) is 7.84. The van der Waals surface area contributed by atoms with Crippen molar-refractivity contribution in [3.8, 4) is 17.2 Å². The van der Waals surface area contributed by atoms with Crippen LogP contribution >= 0.6 is 0 Å². The number of carbonyl (C=O) groups excluding carboxylic acids is 1. The average Bonchev–Trinajstić information content (AvgIpc) is 3.38. The van der Waals surface area contributed by atoms with E-state index in [9.17, 15) is 15.0 Å². The molecule has 2 bridgehead atoms. The molecule has 2 aliphatic heterocycles. The summed E-state index contributed by atoms with van der Waals surface area (Å²) in [6.45, 7) is 1.89. The van der Waals surface area contributed by atoms with E-state index in [1.807, 2.05) is 0 Å². The predicted octanol–water partition coefficient (Wildman–Crippen LogP) is 1.53. The first kappa shape index (κ1) is 16.2. The summed E-state index contributed by atoms with van der Waals surface area (Å²) < 4.78 is 11.6. The van der Waals surface area contributed by atoms with Crippen LogP contribution in [-0.4, -0.2) is 58.8 Å².